The fourth-order valence-electron chi connectivity index (χ4n) is 3.61. The topological polar surface area (TPSA) is 32.3 Å². The first-order valence-electron chi connectivity index (χ1n) is 9.78. The highest BCUT2D eigenvalue weighted by Crippen LogP contribution is 2.21. The SMILES string of the molecule is Cc1ccc(CN(CCc2ccccc2)C(=O)CCC2CCNCC2)s1. The van der Waals surface area contributed by atoms with E-state index in [1.165, 1.54) is 28.2 Å². The van der Waals surface area contributed by atoms with E-state index in [-0.39, 0.29) is 0 Å². The molecule has 2 aromatic rings. The monoisotopic (exact) mass is 370 g/mol. The van der Waals surface area contributed by atoms with Crippen LogP contribution in [0.15, 0.2) is 42.5 Å². The molecule has 1 saturated heterocycles. The predicted octanol–water partition coefficient (Wildman–Crippen LogP) is 4.41. The summed E-state index contributed by atoms with van der Waals surface area (Å²) in [6.45, 7) is 5.87. The number of piperidine rings is 1. The molecule has 1 aliphatic heterocycles. The largest absolute Gasteiger partial charge is 0.337 e. The standard InChI is InChI=1S/C22H30N2OS/c1-18-7-9-21(26-18)17-24(16-13-19-5-3-2-4-6-19)22(25)10-8-20-11-14-23-15-12-20/h2-7,9,20,23H,8,10-17H2,1H3. The van der Waals surface area contributed by atoms with Gasteiger partial charge in [-0.15, -0.1) is 11.3 Å². The molecule has 1 N–H and O–H groups in total. The number of nitrogens with zero attached hydrogens (tertiary/aromatic N) is 1. The lowest BCUT2D eigenvalue weighted by atomic mass is 9.93. The highest BCUT2D eigenvalue weighted by molar-refractivity contribution is 7.11. The van der Waals surface area contributed by atoms with Crippen molar-refractivity contribution in [1.29, 1.82) is 0 Å². The van der Waals surface area contributed by atoms with Crippen LogP contribution in [0.2, 0.25) is 0 Å². The van der Waals surface area contributed by atoms with Crippen molar-refractivity contribution in [3.63, 3.8) is 0 Å². The Balaban J connectivity index is 1.57. The van der Waals surface area contributed by atoms with E-state index in [9.17, 15) is 4.79 Å². The van der Waals surface area contributed by atoms with Crippen LogP contribution in [0, 0.1) is 12.8 Å². The van der Waals surface area contributed by atoms with Crippen LogP contribution in [0.25, 0.3) is 0 Å². The zero-order valence-corrected chi connectivity index (χ0v) is 16.6. The second-order valence-corrected chi connectivity index (χ2v) is 8.67. The lowest BCUT2D eigenvalue weighted by molar-refractivity contribution is -0.132. The predicted molar refractivity (Wildman–Crippen MR) is 109 cm³/mol. The first-order chi connectivity index (χ1) is 12.7. The maximum absolute atomic E-state index is 12.9. The summed E-state index contributed by atoms with van der Waals surface area (Å²) in [5.74, 6) is 1.02. The van der Waals surface area contributed by atoms with E-state index in [0.717, 1.165) is 39.0 Å². The summed E-state index contributed by atoms with van der Waals surface area (Å²) in [7, 11) is 0. The number of aryl methyl sites for hydroxylation is 1. The minimum absolute atomic E-state index is 0.311. The van der Waals surface area contributed by atoms with Crippen molar-refractivity contribution in [2.45, 2.75) is 45.6 Å². The van der Waals surface area contributed by atoms with Gasteiger partial charge < -0.3 is 10.2 Å². The molecule has 1 fully saturated rings. The number of thiophene rings is 1. The van der Waals surface area contributed by atoms with Gasteiger partial charge in [-0.05, 0) is 69.3 Å². The minimum atomic E-state index is 0.311. The summed E-state index contributed by atoms with van der Waals surface area (Å²) in [5, 5.41) is 3.40. The van der Waals surface area contributed by atoms with Gasteiger partial charge in [0.05, 0.1) is 6.54 Å². The van der Waals surface area contributed by atoms with Gasteiger partial charge in [0.25, 0.3) is 0 Å². The van der Waals surface area contributed by atoms with Crippen molar-refractivity contribution >= 4 is 17.2 Å². The highest BCUT2D eigenvalue weighted by atomic mass is 32.1. The summed E-state index contributed by atoms with van der Waals surface area (Å²) in [6.07, 6.45) is 5.06. The lowest BCUT2D eigenvalue weighted by Crippen LogP contribution is -2.33. The summed E-state index contributed by atoms with van der Waals surface area (Å²) < 4.78 is 0. The number of nitrogens with one attached hydrogen (secondary N) is 1. The normalized spacial score (nSPS) is 15.1. The van der Waals surface area contributed by atoms with E-state index in [1.807, 2.05) is 6.07 Å². The van der Waals surface area contributed by atoms with Crippen LogP contribution in [0.3, 0.4) is 0 Å². The van der Waals surface area contributed by atoms with Crippen LogP contribution in [0.4, 0.5) is 0 Å². The van der Waals surface area contributed by atoms with Gasteiger partial charge in [-0.3, -0.25) is 4.79 Å². The lowest BCUT2D eigenvalue weighted by Gasteiger charge is -2.25. The minimum Gasteiger partial charge on any atom is -0.337 e. The van der Waals surface area contributed by atoms with Gasteiger partial charge in [0.1, 0.15) is 0 Å². The number of amides is 1. The van der Waals surface area contributed by atoms with Gasteiger partial charge in [-0.25, -0.2) is 0 Å². The van der Waals surface area contributed by atoms with E-state index in [1.54, 1.807) is 11.3 Å². The quantitative estimate of drug-likeness (QED) is 0.746. The molecule has 0 atom stereocenters. The zero-order chi connectivity index (χ0) is 18.2. The molecule has 0 unspecified atom stereocenters. The Morgan fingerprint density at radius 2 is 1.92 bits per heavy atom. The Labute approximate surface area is 161 Å². The molecule has 2 heterocycles. The molecular formula is C22H30N2OS. The van der Waals surface area contributed by atoms with Crippen LogP contribution in [-0.2, 0) is 17.8 Å². The van der Waals surface area contributed by atoms with Crippen molar-refractivity contribution in [3.05, 3.63) is 57.8 Å². The van der Waals surface area contributed by atoms with Gasteiger partial charge in [0.2, 0.25) is 5.91 Å². The number of carbonyl (C=O) groups is 1. The summed E-state index contributed by atoms with van der Waals surface area (Å²) >= 11 is 1.80. The first kappa shape index (κ1) is 19.1. The number of hydrogen-bond donors (Lipinski definition) is 1. The van der Waals surface area contributed by atoms with Gasteiger partial charge >= 0.3 is 0 Å². The maximum Gasteiger partial charge on any atom is 0.222 e. The molecule has 4 heteroatoms. The van der Waals surface area contributed by atoms with Gasteiger partial charge in [-0.1, -0.05) is 30.3 Å². The molecule has 1 aromatic carbocycles. The van der Waals surface area contributed by atoms with Crippen LogP contribution >= 0.6 is 11.3 Å². The van der Waals surface area contributed by atoms with Crippen LogP contribution in [0.5, 0.6) is 0 Å². The second-order valence-electron chi connectivity index (χ2n) is 7.30. The smallest absolute Gasteiger partial charge is 0.222 e. The van der Waals surface area contributed by atoms with Gasteiger partial charge in [-0.2, -0.15) is 0 Å². The zero-order valence-electron chi connectivity index (χ0n) is 15.7. The first-order valence-corrected chi connectivity index (χ1v) is 10.6. The Kier molecular flexibility index (Phi) is 7.27. The third-order valence-electron chi connectivity index (χ3n) is 5.23. The molecule has 1 aliphatic rings. The number of hydrogen-bond acceptors (Lipinski definition) is 3. The Morgan fingerprint density at radius 3 is 2.62 bits per heavy atom. The third-order valence-corrected chi connectivity index (χ3v) is 6.22. The molecule has 3 nitrogen and oxygen atoms in total. The summed E-state index contributed by atoms with van der Waals surface area (Å²) in [6, 6.07) is 14.8. The molecule has 1 aromatic heterocycles. The molecule has 0 bridgehead atoms. The molecule has 0 radical (unpaired) electrons. The molecule has 140 valence electrons. The van der Waals surface area contributed by atoms with E-state index in [4.69, 9.17) is 0 Å². The molecule has 0 spiro atoms. The van der Waals surface area contributed by atoms with E-state index < -0.39 is 0 Å². The van der Waals surface area contributed by atoms with Crippen molar-refractivity contribution in [1.82, 2.24) is 10.2 Å². The molecular weight excluding hydrogens is 340 g/mol. The van der Waals surface area contributed by atoms with E-state index in [0.29, 0.717) is 18.2 Å². The van der Waals surface area contributed by atoms with Crippen LogP contribution < -0.4 is 5.32 Å². The van der Waals surface area contributed by atoms with E-state index in [2.05, 4.69) is 53.5 Å². The number of benzene rings is 1. The van der Waals surface area contributed by atoms with Crippen molar-refractivity contribution in [2.24, 2.45) is 5.92 Å². The van der Waals surface area contributed by atoms with Crippen molar-refractivity contribution in [2.75, 3.05) is 19.6 Å². The number of carbonyl (C=O) groups excluding carboxylic acids is 1. The third kappa shape index (κ3) is 5.96. The average molecular weight is 371 g/mol. The van der Waals surface area contributed by atoms with Crippen LogP contribution in [-0.4, -0.2) is 30.4 Å². The molecule has 0 aliphatic carbocycles. The fourth-order valence-corrected chi connectivity index (χ4v) is 4.52. The Morgan fingerprint density at radius 1 is 1.15 bits per heavy atom. The van der Waals surface area contributed by atoms with Crippen molar-refractivity contribution < 1.29 is 4.79 Å². The molecule has 0 saturated carbocycles. The fraction of sp³-hybridized carbons (Fsp3) is 0.500. The van der Waals surface area contributed by atoms with Gasteiger partial charge in [0, 0.05) is 22.7 Å². The molecule has 1 amide bonds. The Hall–Kier alpha value is -1.65. The average Bonchev–Trinajstić information content (AvgIpc) is 3.09. The molecule has 3 rings (SSSR count). The maximum atomic E-state index is 12.9. The Bertz CT molecular complexity index is 676. The van der Waals surface area contributed by atoms with E-state index >= 15 is 0 Å². The van der Waals surface area contributed by atoms with Crippen molar-refractivity contribution in [3.8, 4) is 0 Å². The summed E-state index contributed by atoms with van der Waals surface area (Å²) in [5.41, 5.74) is 1.30. The summed E-state index contributed by atoms with van der Waals surface area (Å²) in [4.78, 5) is 17.6. The second kappa shape index (κ2) is 9.89. The molecule has 26 heavy (non-hydrogen) atoms. The number of rotatable bonds is 8. The highest BCUT2D eigenvalue weighted by Gasteiger charge is 2.19. The van der Waals surface area contributed by atoms with Gasteiger partial charge in [0.15, 0.2) is 0 Å². The van der Waals surface area contributed by atoms with Crippen LogP contribution in [0.1, 0.15) is 41.0 Å².